The highest BCUT2D eigenvalue weighted by atomic mass is 79.9. The van der Waals surface area contributed by atoms with E-state index in [-0.39, 0.29) is 6.04 Å². The summed E-state index contributed by atoms with van der Waals surface area (Å²) in [6, 6.07) is 9.70. The number of benzene rings is 1. The molecule has 1 unspecified atom stereocenters. The first-order valence-electron chi connectivity index (χ1n) is 6.27. The van der Waals surface area contributed by atoms with Gasteiger partial charge in [0.1, 0.15) is 0 Å². The first-order valence-corrected chi connectivity index (χ1v) is 7.88. The van der Waals surface area contributed by atoms with Crippen molar-refractivity contribution < 1.29 is 0 Å². The van der Waals surface area contributed by atoms with Gasteiger partial charge in [-0.15, -0.1) is 11.3 Å². The second-order valence-electron chi connectivity index (χ2n) is 4.58. The molecule has 2 aromatic heterocycles. The van der Waals surface area contributed by atoms with Crippen LogP contribution in [0.4, 0.5) is 0 Å². The normalized spacial score (nSPS) is 12.7. The van der Waals surface area contributed by atoms with Crippen LogP contribution in [0.5, 0.6) is 0 Å². The lowest BCUT2D eigenvalue weighted by atomic mass is 10.0. The zero-order valence-corrected chi connectivity index (χ0v) is 13.5. The molecule has 3 N–H and O–H groups in total. The molecule has 0 radical (unpaired) electrons. The second-order valence-corrected chi connectivity index (χ2v) is 7.07. The van der Waals surface area contributed by atoms with Crippen LogP contribution in [0.15, 0.2) is 43.7 Å². The Bertz CT molecular complexity index is 912. The van der Waals surface area contributed by atoms with Gasteiger partial charge < -0.3 is 15.3 Å². The van der Waals surface area contributed by atoms with Crippen LogP contribution in [-0.2, 0) is 0 Å². The largest absolute Gasteiger partial charge is 0.316 e. The number of aromatic amines is 2. The highest BCUT2D eigenvalue weighted by Crippen LogP contribution is 2.31. The minimum atomic E-state index is -0.639. The minimum absolute atomic E-state index is 0.0288. The average Bonchev–Trinajstić information content (AvgIpc) is 2.87. The molecule has 0 amide bonds. The van der Waals surface area contributed by atoms with Crippen molar-refractivity contribution in [2.45, 2.75) is 6.04 Å². The Labute approximate surface area is 132 Å². The lowest BCUT2D eigenvalue weighted by Crippen LogP contribution is -2.29. The molecule has 0 saturated carbocycles. The number of fused-ring (bicyclic) bond motifs is 1. The summed E-state index contributed by atoms with van der Waals surface area (Å²) >= 11 is 5.11. The van der Waals surface area contributed by atoms with Crippen molar-refractivity contribution in [3.8, 4) is 0 Å². The number of nitrogens with one attached hydrogen (secondary N) is 3. The number of H-pyrrole nitrogens is 2. The second kappa shape index (κ2) is 5.59. The summed E-state index contributed by atoms with van der Waals surface area (Å²) in [7, 11) is 1.89. The van der Waals surface area contributed by atoms with Gasteiger partial charge in [-0.05, 0) is 52.8 Å². The molecule has 5 nitrogen and oxygen atoms in total. The monoisotopic (exact) mass is 365 g/mol. The topological polar surface area (TPSA) is 77.8 Å². The van der Waals surface area contributed by atoms with E-state index in [1.165, 1.54) is 0 Å². The van der Waals surface area contributed by atoms with Crippen LogP contribution in [0, 0.1) is 0 Å². The molecule has 0 aliphatic rings. The van der Waals surface area contributed by atoms with Crippen LogP contribution in [0.3, 0.4) is 0 Å². The standard InChI is InChI=1S/C14H12BrN3O2S/c1-16-12(10-4-5-11(15)21-10)7-2-3-8-9(6-7)18-14(20)13(19)17-8/h2-6,12,16H,1H3,(H,17,19)(H,18,20). The summed E-state index contributed by atoms with van der Waals surface area (Å²) in [4.78, 5) is 29.1. The molecule has 1 atom stereocenters. The molecule has 0 aliphatic heterocycles. The van der Waals surface area contributed by atoms with E-state index in [9.17, 15) is 9.59 Å². The molecule has 7 heteroatoms. The molecule has 3 aromatic rings. The van der Waals surface area contributed by atoms with Crippen molar-refractivity contribution in [1.29, 1.82) is 0 Å². The van der Waals surface area contributed by atoms with Crippen molar-refractivity contribution in [3.05, 3.63) is 65.3 Å². The molecule has 3 rings (SSSR count). The summed E-state index contributed by atoms with van der Waals surface area (Å²) in [5, 5.41) is 3.26. The zero-order valence-electron chi connectivity index (χ0n) is 11.1. The SMILES string of the molecule is CNC(c1ccc2[nH]c(=O)c(=O)[nH]c2c1)c1ccc(Br)s1. The van der Waals surface area contributed by atoms with E-state index in [4.69, 9.17) is 0 Å². The molecular weight excluding hydrogens is 354 g/mol. The maximum Gasteiger partial charge on any atom is 0.314 e. The van der Waals surface area contributed by atoms with Crippen LogP contribution in [-0.4, -0.2) is 17.0 Å². The Morgan fingerprint density at radius 1 is 1.10 bits per heavy atom. The van der Waals surface area contributed by atoms with E-state index in [2.05, 4.69) is 37.3 Å². The molecule has 0 fully saturated rings. The predicted octanol–water partition coefficient (Wildman–Crippen LogP) is 2.35. The summed E-state index contributed by atoms with van der Waals surface area (Å²) < 4.78 is 1.07. The number of rotatable bonds is 3. The summed E-state index contributed by atoms with van der Waals surface area (Å²) in [6.07, 6.45) is 0. The Hall–Kier alpha value is -1.70. The third-order valence-corrected chi connectivity index (χ3v) is 4.94. The van der Waals surface area contributed by atoms with Gasteiger partial charge in [-0.1, -0.05) is 6.07 Å². The Morgan fingerprint density at radius 3 is 2.43 bits per heavy atom. The van der Waals surface area contributed by atoms with Gasteiger partial charge in [0.2, 0.25) is 0 Å². The third-order valence-electron chi connectivity index (χ3n) is 3.25. The number of aromatic nitrogens is 2. The van der Waals surface area contributed by atoms with Gasteiger partial charge in [0, 0.05) is 4.88 Å². The van der Waals surface area contributed by atoms with E-state index in [0.717, 1.165) is 14.2 Å². The average molecular weight is 366 g/mol. The van der Waals surface area contributed by atoms with Gasteiger partial charge in [-0.3, -0.25) is 9.59 Å². The summed E-state index contributed by atoms with van der Waals surface area (Å²) in [6.45, 7) is 0. The van der Waals surface area contributed by atoms with Gasteiger partial charge in [-0.2, -0.15) is 0 Å². The van der Waals surface area contributed by atoms with Crippen LogP contribution >= 0.6 is 27.3 Å². The van der Waals surface area contributed by atoms with E-state index < -0.39 is 11.1 Å². The first-order chi connectivity index (χ1) is 10.1. The van der Waals surface area contributed by atoms with Crippen LogP contribution in [0.1, 0.15) is 16.5 Å². The van der Waals surface area contributed by atoms with Crippen molar-refractivity contribution >= 4 is 38.3 Å². The molecule has 108 valence electrons. The predicted molar refractivity (Wildman–Crippen MR) is 88.1 cm³/mol. The fourth-order valence-electron chi connectivity index (χ4n) is 2.27. The van der Waals surface area contributed by atoms with E-state index in [1.54, 1.807) is 17.4 Å². The number of thiophene rings is 1. The van der Waals surface area contributed by atoms with Crippen molar-refractivity contribution in [2.75, 3.05) is 7.05 Å². The molecule has 0 aliphatic carbocycles. The molecular formula is C14H12BrN3O2S. The molecule has 1 aromatic carbocycles. The van der Waals surface area contributed by atoms with E-state index in [0.29, 0.717) is 11.0 Å². The van der Waals surface area contributed by atoms with Crippen molar-refractivity contribution in [1.82, 2.24) is 15.3 Å². The summed E-state index contributed by atoms with van der Waals surface area (Å²) in [5.41, 5.74) is 0.975. The van der Waals surface area contributed by atoms with E-state index >= 15 is 0 Å². The van der Waals surface area contributed by atoms with Gasteiger partial charge in [0.05, 0.1) is 20.9 Å². The molecule has 0 bridgehead atoms. The maximum absolute atomic E-state index is 11.4. The van der Waals surface area contributed by atoms with Gasteiger partial charge in [0.15, 0.2) is 0 Å². The lowest BCUT2D eigenvalue weighted by Gasteiger charge is -2.15. The Kier molecular flexibility index (Phi) is 3.79. The molecule has 0 spiro atoms. The highest BCUT2D eigenvalue weighted by Gasteiger charge is 2.15. The number of hydrogen-bond donors (Lipinski definition) is 3. The van der Waals surface area contributed by atoms with Crippen LogP contribution < -0.4 is 16.4 Å². The maximum atomic E-state index is 11.4. The van der Waals surface area contributed by atoms with Crippen LogP contribution in [0.25, 0.3) is 11.0 Å². The quantitative estimate of drug-likeness (QED) is 0.623. The fraction of sp³-hybridized carbons (Fsp3) is 0.143. The van der Waals surface area contributed by atoms with Crippen LogP contribution in [0.2, 0.25) is 0 Å². The first kappa shape index (κ1) is 14.2. The lowest BCUT2D eigenvalue weighted by molar-refractivity contribution is 0.704. The number of halogens is 1. The van der Waals surface area contributed by atoms with E-state index in [1.807, 2.05) is 25.2 Å². The summed E-state index contributed by atoms with van der Waals surface area (Å²) in [5.74, 6) is 0. The van der Waals surface area contributed by atoms with Gasteiger partial charge in [0.25, 0.3) is 0 Å². The Balaban J connectivity index is 2.13. The molecule has 2 heterocycles. The highest BCUT2D eigenvalue weighted by molar-refractivity contribution is 9.11. The zero-order chi connectivity index (χ0) is 15.0. The van der Waals surface area contributed by atoms with Gasteiger partial charge in [-0.25, -0.2) is 0 Å². The Morgan fingerprint density at radius 2 is 1.81 bits per heavy atom. The fourth-order valence-corrected chi connectivity index (χ4v) is 3.83. The van der Waals surface area contributed by atoms with Gasteiger partial charge >= 0.3 is 11.1 Å². The number of hydrogen-bond acceptors (Lipinski definition) is 4. The third kappa shape index (κ3) is 2.72. The molecule has 21 heavy (non-hydrogen) atoms. The smallest absolute Gasteiger partial charge is 0.314 e. The molecule has 0 saturated heterocycles. The van der Waals surface area contributed by atoms with Crippen molar-refractivity contribution in [2.24, 2.45) is 0 Å². The van der Waals surface area contributed by atoms with Crippen molar-refractivity contribution in [3.63, 3.8) is 0 Å². The minimum Gasteiger partial charge on any atom is -0.316 e.